The molecule has 1 saturated heterocycles. The van der Waals surface area contributed by atoms with Crippen LogP contribution in [0.15, 0.2) is 10.8 Å². The van der Waals surface area contributed by atoms with E-state index in [4.69, 9.17) is 14.3 Å². The zero-order valence-corrected chi connectivity index (χ0v) is 8.11. The zero-order chi connectivity index (χ0) is 9.80. The van der Waals surface area contributed by atoms with Crippen LogP contribution in [0.25, 0.3) is 0 Å². The maximum Gasteiger partial charge on any atom is 0.181 e. The molecule has 0 aromatic carbocycles. The second kappa shape index (κ2) is 4.57. The van der Waals surface area contributed by atoms with Crippen LogP contribution in [0.5, 0.6) is 0 Å². The fourth-order valence-corrected chi connectivity index (χ4v) is 1.79. The van der Waals surface area contributed by atoms with E-state index in [1.807, 2.05) is 0 Å². The lowest BCUT2D eigenvalue weighted by molar-refractivity contribution is 0.103. The molecule has 1 unspecified atom stereocenters. The van der Waals surface area contributed by atoms with E-state index in [0.717, 1.165) is 38.1 Å². The molecular weight excluding hydrogens is 182 g/mol. The summed E-state index contributed by atoms with van der Waals surface area (Å²) in [5.41, 5.74) is 0.656. The van der Waals surface area contributed by atoms with E-state index < -0.39 is 0 Å². The third-order valence-corrected chi connectivity index (χ3v) is 2.59. The van der Waals surface area contributed by atoms with Crippen molar-refractivity contribution >= 4 is 0 Å². The average Bonchev–Trinajstić information content (AvgIpc) is 2.85. The van der Waals surface area contributed by atoms with Gasteiger partial charge in [0.15, 0.2) is 6.39 Å². The lowest BCUT2D eigenvalue weighted by Crippen LogP contribution is -2.06. The molecule has 0 amide bonds. The number of aliphatic hydroxyl groups excluding tert-OH is 1. The largest absolute Gasteiger partial charge is 0.448 e. The molecule has 1 atom stereocenters. The summed E-state index contributed by atoms with van der Waals surface area (Å²) in [6.45, 7) is 0.839. The standard InChI is InChI=1S/C10H15NO3/c12-6-9-10(14-7-11-9)4-3-8-2-1-5-13-8/h7-8,12H,1-6H2. The monoisotopic (exact) mass is 197 g/mol. The molecule has 0 spiro atoms. The number of oxazole rings is 1. The first-order valence-electron chi connectivity index (χ1n) is 5.04. The van der Waals surface area contributed by atoms with E-state index in [1.165, 1.54) is 6.39 Å². The van der Waals surface area contributed by atoms with E-state index in [0.29, 0.717) is 11.8 Å². The summed E-state index contributed by atoms with van der Waals surface area (Å²) in [4.78, 5) is 3.92. The fraction of sp³-hybridized carbons (Fsp3) is 0.700. The molecule has 1 aromatic heterocycles. The summed E-state index contributed by atoms with van der Waals surface area (Å²) in [5.74, 6) is 0.794. The molecule has 0 radical (unpaired) electrons. The van der Waals surface area contributed by atoms with Gasteiger partial charge in [0.2, 0.25) is 0 Å². The molecule has 4 nitrogen and oxygen atoms in total. The van der Waals surface area contributed by atoms with E-state index >= 15 is 0 Å². The van der Waals surface area contributed by atoms with Crippen LogP contribution < -0.4 is 0 Å². The predicted molar refractivity (Wildman–Crippen MR) is 49.7 cm³/mol. The molecule has 1 N–H and O–H groups in total. The van der Waals surface area contributed by atoms with Gasteiger partial charge in [0.25, 0.3) is 0 Å². The van der Waals surface area contributed by atoms with Crippen molar-refractivity contribution in [3.8, 4) is 0 Å². The number of aliphatic hydroxyl groups is 1. The van der Waals surface area contributed by atoms with Gasteiger partial charge in [-0.15, -0.1) is 0 Å². The number of hydrogen-bond donors (Lipinski definition) is 1. The van der Waals surface area contributed by atoms with Crippen molar-refractivity contribution in [1.82, 2.24) is 4.98 Å². The van der Waals surface area contributed by atoms with Crippen LogP contribution in [0, 0.1) is 0 Å². The van der Waals surface area contributed by atoms with Crippen molar-refractivity contribution in [3.63, 3.8) is 0 Å². The zero-order valence-electron chi connectivity index (χ0n) is 8.11. The molecule has 2 heterocycles. The van der Waals surface area contributed by atoms with E-state index in [1.54, 1.807) is 0 Å². The van der Waals surface area contributed by atoms with Crippen LogP contribution in [0.1, 0.15) is 30.7 Å². The van der Waals surface area contributed by atoms with Gasteiger partial charge in [-0.05, 0) is 19.3 Å². The van der Waals surface area contributed by atoms with Crippen LogP contribution in [-0.2, 0) is 17.8 Å². The van der Waals surface area contributed by atoms with Crippen molar-refractivity contribution in [3.05, 3.63) is 17.8 Å². The Kier molecular flexibility index (Phi) is 3.16. The molecule has 4 heteroatoms. The lowest BCUT2D eigenvalue weighted by atomic mass is 10.1. The van der Waals surface area contributed by atoms with Crippen LogP contribution in [-0.4, -0.2) is 22.8 Å². The van der Waals surface area contributed by atoms with E-state index in [2.05, 4.69) is 4.98 Å². The van der Waals surface area contributed by atoms with Gasteiger partial charge in [-0.25, -0.2) is 4.98 Å². The van der Waals surface area contributed by atoms with Gasteiger partial charge in [0.1, 0.15) is 11.5 Å². The Bertz CT molecular complexity index is 279. The number of ether oxygens (including phenoxy) is 1. The summed E-state index contributed by atoms with van der Waals surface area (Å²) in [6, 6.07) is 0. The van der Waals surface area contributed by atoms with Crippen LogP contribution in [0.3, 0.4) is 0 Å². The van der Waals surface area contributed by atoms with Crippen LogP contribution in [0.2, 0.25) is 0 Å². The molecule has 0 aliphatic carbocycles. The number of hydrogen-bond acceptors (Lipinski definition) is 4. The molecular formula is C10H15NO3. The second-order valence-electron chi connectivity index (χ2n) is 3.55. The first-order valence-corrected chi connectivity index (χ1v) is 5.04. The highest BCUT2D eigenvalue weighted by molar-refractivity contribution is 5.05. The fourth-order valence-electron chi connectivity index (χ4n) is 1.79. The maximum atomic E-state index is 8.95. The predicted octanol–water partition coefficient (Wildman–Crippen LogP) is 1.28. The quantitative estimate of drug-likeness (QED) is 0.790. The summed E-state index contributed by atoms with van der Waals surface area (Å²) < 4.78 is 10.7. The van der Waals surface area contributed by atoms with E-state index in [-0.39, 0.29) is 6.61 Å². The average molecular weight is 197 g/mol. The topological polar surface area (TPSA) is 55.5 Å². The molecule has 1 fully saturated rings. The Morgan fingerprint density at radius 3 is 3.21 bits per heavy atom. The van der Waals surface area contributed by atoms with Crippen LogP contribution in [0.4, 0.5) is 0 Å². The normalized spacial score (nSPS) is 21.6. The summed E-state index contributed by atoms with van der Waals surface area (Å²) in [6.07, 6.45) is 5.82. The van der Waals surface area contributed by atoms with Gasteiger partial charge < -0.3 is 14.3 Å². The van der Waals surface area contributed by atoms with Crippen LogP contribution >= 0.6 is 0 Å². The minimum Gasteiger partial charge on any atom is -0.448 e. The summed E-state index contributed by atoms with van der Waals surface area (Å²) >= 11 is 0. The second-order valence-corrected chi connectivity index (χ2v) is 3.55. The maximum absolute atomic E-state index is 8.95. The molecule has 14 heavy (non-hydrogen) atoms. The van der Waals surface area contributed by atoms with Gasteiger partial charge in [0.05, 0.1) is 12.7 Å². The molecule has 2 rings (SSSR count). The Morgan fingerprint density at radius 2 is 2.50 bits per heavy atom. The van der Waals surface area contributed by atoms with Crippen molar-refractivity contribution in [2.45, 2.75) is 38.4 Å². The van der Waals surface area contributed by atoms with Gasteiger partial charge in [-0.3, -0.25) is 0 Å². The smallest absolute Gasteiger partial charge is 0.181 e. The molecule has 1 aliphatic rings. The first-order chi connectivity index (χ1) is 6.90. The number of aromatic nitrogens is 1. The third kappa shape index (κ3) is 2.13. The van der Waals surface area contributed by atoms with Crippen molar-refractivity contribution in [2.75, 3.05) is 6.61 Å². The first kappa shape index (κ1) is 9.68. The molecule has 0 saturated carbocycles. The Labute approximate surface area is 82.9 Å². The summed E-state index contributed by atoms with van der Waals surface area (Å²) in [7, 11) is 0. The Morgan fingerprint density at radius 1 is 1.57 bits per heavy atom. The molecule has 0 bridgehead atoms. The van der Waals surface area contributed by atoms with Gasteiger partial charge >= 0.3 is 0 Å². The highest BCUT2D eigenvalue weighted by atomic mass is 16.5. The Balaban J connectivity index is 1.84. The highest BCUT2D eigenvalue weighted by Gasteiger charge is 2.17. The van der Waals surface area contributed by atoms with Crippen molar-refractivity contribution < 1.29 is 14.3 Å². The lowest BCUT2D eigenvalue weighted by Gasteiger charge is -2.07. The summed E-state index contributed by atoms with van der Waals surface area (Å²) in [5, 5.41) is 8.95. The molecule has 78 valence electrons. The Hall–Kier alpha value is -0.870. The number of rotatable bonds is 4. The number of nitrogens with zero attached hydrogens (tertiary/aromatic N) is 1. The molecule has 1 aromatic rings. The van der Waals surface area contributed by atoms with Gasteiger partial charge in [-0.1, -0.05) is 0 Å². The third-order valence-electron chi connectivity index (χ3n) is 2.59. The van der Waals surface area contributed by atoms with E-state index in [9.17, 15) is 0 Å². The highest BCUT2D eigenvalue weighted by Crippen LogP contribution is 2.18. The van der Waals surface area contributed by atoms with Gasteiger partial charge in [-0.2, -0.15) is 0 Å². The van der Waals surface area contributed by atoms with Crippen molar-refractivity contribution in [2.24, 2.45) is 0 Å². The number of aryl methyl sites for hydroxylation is 1. The SMILES string of the molecule is OCc1ncoc1CCC1CCCO1. The van der Waals surface area contributed by atoms with Gasteiger partial charge in [0, 0.05) is 13.0 Å². The minimum atomic E-state index is -0.0443. The van der Waals surface area contributed by atoms with Crippen molar-refractivity contribution in [1.29, 1.82) is 0 Å². The molecule has 1 aliphatic heterocycles. The minimum absolute atomic E-state index is 0.0443.